The highest BCUT2D eigenvalue weighted by atomic mass is 14.9. The molecule has 0 atom stereocenters. The highest BCUT2D eigenvalue weighted by Crippen LogP contribution is 2.03. The Morgan fingerprint density at radius 1 is 1.08 bits per heavy atom. The van der Waals surface area contributed by atoms with Crippen molar-refractivity contribution in [3.8, 4) is 0 Å². The van der Waals surface area contributed by atoms with E-state index in [9.17, 15) is 0 Å². The maximum absolute atomic E-state index is 4.48. The maximum atomic E-state index is 4.48. The summed E-state index contributed by atoms with van der Waals surface area (Å²) >= 11 is 0. The number of aromatic amines is 1. The van der Waals surface area contributed by atoms with Crippen molar-refractivity contribution in [3.05, 3.63) is 35.1 Å². The van der Waals surface area contributed by atoms with Gasteiger partial charge in [0.1, 0.15) is 0 Å². The molecule has 1 N–H and O–H groups in total. The minimum Gasteiger partial charge on any atom is -0.361 e. The van der Waals surface area contributed by atoms with Crippen LogP contribution in [0.1, 0.15) is 0 Å². The topological polar surface area (TPSA) is 40.5 Å². The highest BCUT2D eigenvalue weighted by Gasteiger charge is 2.01. The number of nitrogens with zero attached hydrogens (tertiary/aromatic N) is 2. The van der Waals surface area contributed by atoms with E-state index in [-0.39, 0.29) is 0 Å². The molecular formula is C10H9N3. The molecule has 3 rings (SSSR count). The standard InChI is InChI=1S/C10H9N3/c1-2-9-10(13-6-5-12-9)7-3-4-11-8(1)7/h1-4,11H,5-6H2. The normalized spacial score (nSPS) is 14.8. The van der Waals surface area contributed by atoms with E-state index in [4.69, 9.17) is 0 Å². The van der Waals surface area contributed by atoms with Crippen molar-refractivity contribution in [1.82, 2.24) is 4.98 Å². The Balaban J connectivity index is 2.64. The van der Waals surface area contributed by atoms with Gasteiger partial charge in [0.2, 0.25) is 0 Å². The van der Waals surface area contributed by atoms with E-state index in [1.54, 1.807) is 0 Å². The quantitative estimate of drug-likeness (QED) is 0.597. The molecule has 0 saturated heterocycles. The van der Waals surface area contributed by atoms with Crippen LogP contribution in [0.4, 0.5) is 0 Å². The minimum absolute atomic E-state index is 0.817. The zero-order valence-corrected chi connectivity index (χ0v) is 7.12. The van der Waals surface area contributed by atoms with E-state index >= 15 is 0 Å². The molecule has 2 heterocycles. The van der Waals surface area contributed by atoms with Gasteiger partial charge >= 0.3 is 0 Å². The van der Waals surface area contributed by atoms with Crippen molar-refractivity contribution in [2.75, 3.05) is 13.1 Å². The van der Waals surface area contributed by atoms with Crippen molar-refractivity contribution in [2.24, 2.45) is 9.98 Å². The molecule has 3 heteroatoms. The maximum Gasteiger partial charge on any atom is 0.0920 e. The monoisotopic (exact) mass is 171 g/mol. The van der Waals surface area contributed by atoms with Gasteiger partial charge in [0, 0.05) is 17.1 Å². The lowest BCUT2D eigenvalue weighted by Gasteiger charge is -1.99. The van der Waals surface area contributed by atoms with Crippen LogP contribution < -0.4 is 10.7 Å². The Kier molecular flexibility index (Phi) is 1.27. The van der Waals surface area contributed by atoms with Crippen LogP contribution in [0, 0.1) is 0 Å². The fourth-order valence-corrected chi connectivity index (χ4v) is 1.73. The van der Waals surface area contributed by atoms with E-state index in [1.165, 1.54) is 5.39 Å². The van der Waals surface area contributed by atoms with Crippen LogP contribution in [0.3, 0.4) is 0 Å². The molecule has 1 aromatic heterocycles. The third kappa shape index (κ3) is 0.900. The molecule has 13 heavy (non-hydrogen) atoms. The van der Waals surface area contributed by atoms with Gasteiger partial charge in [0.25, 0.3) is 0 Å². The molecule has 1 aliphatic rings. The van der Waals surface area contributed by atoms with Crippen LogP contribution in [-0.4, -0.2) is 18.1 Å². The lowest BCUT2D eigenvalue weighted by Crippen LogP contribution is -2.30. The van der Waals surface area contributed by atoms with Crippen LogP contribution in [0.15, 0.2) is 34.4 Å². The molecule has 0 aliphatic carbocycles. The summed E-state index contributed by atoms with van der Waals surface area (Å²) in [7, 11) is 0. The first kappa shape index (κ1) is 6.83. The summed E-state index contributed by atoms with van der Waals surface area (Å²) < 4.78 is 0. The van der Waals surface area contributed by atoms with Gasteiger partial charge in [-0.2, -0.15) is 0 Å². The van der Waals surface area contributed by atoms with E-state index < -0.39 is 0 Å². The van der Waals surface area contributed by atoms with Crippen LogP contribution >= 0.6 is 0 Å². The Morgan fingerprint density at radius 2 is 2.00 bits per heavy atom. The Morgan fingerprint density at radius 3 is 3.00 bits per heavy atom. The van der Waals surface area contributed by atoms with Crippen molar-refractivity contribution < 1.29 is 0 Å². The van der Waals surface area contributed by atoms with E-state index in [0.717, 1.165) is 29.3 Å². The first-order valence-corrected chi connectivity index (χ1v) is 4.40. The number of benzene rings is 1. The molecule has 2 aromatic rings. The van der Waals surface area contributed by atoms with Gasteiger partial charge in [-0.05, 0) is 18.2 Å². The average Bonchev–Trinajstić information content (AvgIpc) is 2.65. The molecule has 3 nitrogen and oxygen atoms in total. The molecule has 0 unspecified atom stereocenters. The van der Waals surface area contributed by atoms with E-state index in [2.05, 4.69) is 27.1 Å². The zero-order valence-electron chi connectivity index (χ0n) is 7.12. The molecule has 0 bridgehead atoms. The highest BCUT2D eigenvalue weighted by molar-refractivity contribution is 5.78. The Labute approximate surface area is 74.8 Å². The molecule has 0 fully saturated rings. The number of hydrogen-bond donors (Lipinski definition) is 1. The fraction of sp³-hybridized carbons (Fsp3) is 0.200. The predicted octanol–water partition coefficient (Wildman–Crippen LogP) is 0.421. The van der Waals surface area contributed by atoms with Crippen LogP contribution in [0.2, 0.25) is 0 Å². The summed E-state index contributed by atoms with van der Waals surface area (Å²) in [4.78, 5) is 12.1. The molecule has 1 aromatic carbocycles. The first-order valence-electron chi connectivity index (χ1n) is 4.40. The summed E-state index contributed by atoms with van der Waals surface area (Å²) in [5, 5.41) is 3.25. The summed E-state index contributed by atoms with van der Waals surface area (Å²) in [6.07, 6.45) is 1.94. The van der Waals surface area contributed by atoms with Crippen LogP contribution in [0.25, 0.3) is 10.9 Å². The molecule has 1 aliphatic heterocycles. The second-order valence-corrected chi connectivity index (χ2v) is 3.14. The summed E-state index contributed by atoms with van der Waals surface area (Å²) in [6, 6.07) is 6.13. The molecule has 0 spiro atoms. The minimum atomic E-state index is 0.817. The summed E-state index contributed by atoms with van der Waals surface area (Å²) in [5.41, 5.74) is 1.14. The van der Waals surface area contributed by atoms with Gasteiger partial charge < -0.3 is 4.98 Å². The van der Waals surface area contributed by atoms with Crippen molar-refractivity contribution in [1.29, 1.82) is 0 Å². The van der Waals surface area contributed by atoms with Crippen molar-refractivity contribution >= 4 is 10.9 Å². The van der Waals surface area contributed by atoms with Crippen LogP contribution in [0.5, 0.6) is 0 Å². The van der Waals surface area contributed by atoms with Gasteiger partial charge in [0.15, 0.2) is 0 Å². The second kappa shape index (κ2) is 2.42. The molecule has 0 saturated carbocycles. The summed E-state index contributed by atoms with van der Waals surface area (Å²) in [6.45, 7) is 1.64. The number of rotatable bonds is 0. The molecule has 64 valence electrons. The Bertz CT molecular complexity index is 565. The third-order valence-electron chi connectivity index (χ3n) is 2.34. The van der Waals surface area contributed by atoms with Crippen molar-refractivity contribution in [2.45, 2.75) is 0 Å². The lowest BCUT2D eigenvalue weighted by molar-refractivity contribution is 0.871. The van der Waals surface area contributed by atoms with Gasteiger partial charge in [-0.25, -0.2) is 0 Å². The predicted molar refractivity (Wildman–Crippen MR) is 50.3 cm³/mol. The van der Waals surface area contributed by atoms with Gasteiger partial charge in [0.05, 0.1) is 23.8 Å². The molecular weight excluding hydrogens is 162 g/mol. The number of fused-ring (bicyclic) bond motifs is 3. The fourth-order valence-electron chi connectivity index (χ4n) is 1.73. The number of H-pyrrole nitrogens is 1. The second-order valence-electron chi connectivity index (χ2n) is 3.14. The molecule has 0 radical (unpaired) electrons. The average molecular weight is 171 g/mol. The van der Waals surface area contributed by atoms with E-state index in [1.807, 2.05) is 12.3 Å². The Hall–Kier alpha value is -1.64. The molecule has 0 amide bonds. The smallest absolute Gasteiger partial charge is 0.0920 e. The van der Waals surface area contributed by atoms with Crippen molar-refractivity contribution in [3.63, 3.8) is 0 Å². The largest absolute Gasteiger partial charge is 0.361 e. The lowest BCUT2D eigenvalue weighted by atomic mass is 10.2. The summed E-state index contributed by atoms with van der Waals surface area (Å²) in [5.74, 6) is 0. The van der Waals surface area contributed by atoms with Gasteiger partial charge in [-0.3, -0.25) is 9.98 Å². The van der Waals surface area contributed by atoms with E-state index in [0.29, 0.717) is 0 Å². The first-order chi connectivity index (χ1) is 6.45. The van der Waals surface area contributed by atoms with Crippen LogP contribution in [-0.2, 0) is 0 Å². The third-order valence-corrected chi connectivity index (χ3v) is 2.34. The number of aromatic nitrogens is 1. The van der Waals surface area contributed by atoms with Gasteiger partial charge in [-0.15, -0.1) is 0 Å². The zero-order chi connectivity index (χ0) is 8.67. The number of hydrogen-bond acceptors (Lipinski definition) is 2. The SMILES string of the molecule is c1cc2c3c(ccc2[nH]1)=NCCN=3. The van der Waals surface area contributed by atoms with Gasteiger partial charge in [-0.1, -0.05) is 0 Å². The number of nitrogens with one attached hydrogen (secondary N) is 1.